The molecule has 0 aromatic carbocycles. The number of epoxide rings is 1. The fourth-order valence-corrected chi connectivity index (χ4v) is 0. The van der Waals surface area contributed by atoms with Crippen molar-refractivity contribution in [2.75, 3.05) is 13.2 Å². The number of hydrogen-bond donors (Lipinski definition) is 2. The number of nitrogens with two attached hydrogens (primary N) is 2. The topological polar surface area (TPSA) is 81.6 Å². The van der Waals surface area contributed by atoms with Gasteiger partial charge in [0.15, 0.2) is 0 Å². The van der Waals surface area contributed by atoms with Crippen molar-refractivity contribution in [3.05, 3.63) is 0 Å². The molecule has 0 saturated carbocycles. The van der Waals surface area contributed by atoms with E-state index in [1.165, 1.54) is 0 Å². The van der Waals surface area contributed by atoms with Crippen LogP contribution in [0.15, 0.2) is 0 Å². The molecule has 9 heavy (non-hydrogen) atoms. The molecule has 0 aliphatic carbocycles. The normalized spacial score (nSPS) is 10.7. The summed E-state index contributed by atoms with van der Waals surface area (Å²) in [4.78, 5) is 9.00. The van der Waals surface area contributed by atoms with Crippen LogP contribution in [0.1, 0.15) is 0 Å². The van der Waals surface area contributed by atoms with E-state index in [-0.39, 0.29) is 63.8 Å². The van der Waals surface area contributed by atoms with Gasteiger partial charge in [0.05, 0.1) is 13.2 Å². The maximum atomic E-state index is 9.00. The maximum absolute atomic E-state index is 9.00. The molecule has 0 atom stereocenters. The molecule has 2 amide bonds. The van der Waals surface area contributed by atoms with E-state index in [4.69, 9.17) is 4.79 Å². The van der Waals surface area contributed by atoms with Crippen molar-refractivity contribution in [3.63, 3.8) is 0 Å². The summed E-state index contributed by atoms with van der Waals surface area (Å²) in [6, 6.07) is -0.833. The van der Waals surface area contributed by atoms with E-state index in [2.05, 4.69) is 16.2 Å². The van der Waals surface area contributed by atoms with Crippen LogP contribution in [0, 0.1) is 0 Å². The van der Waals surface area contributed by atoms with Crippen LogP contribution >= 0.6 is 0 Å². The number of carbonyl (C=O) groups excluding carboxylic acids is 1. The molecule has 4 nitrogen and oxygen atoms in total. The molecule has 4 N–H and O–H groups in total. The Hall–Kier alpha value is 1.16. The number of amides is 2. The third-order valence-electron chi connectivity index (χ3n) is 0.204. The minimum absolute atomic E-state index is 0. The van der Waals surface area contributed by atoms with Crippen LogP contribution < -0.4 is 75.3 Å². The minimum atomic E-state index is -0.833. The molecular formula is C3H8ClKN2O2. The van der Waals surface area contributed by atoms with Crippen LogP contribution in [-0.2, 0) is 4.74 Å². The maximum Gasteiger partial charge on any atom is 1.00 e. The van der Waals surface area contributed by atoms with Gasteiger partial charge in [0.25, 0.3) is 0 Å². The number of urea groups is 1. The number of primary amides is 2. The van der Waals surface area contributed by atoms with Gasteiger partial charge in [-0.3, -0.25) is 0 Å². The molecule has 1 saturated heterocycles. The first-order chi connectivity index (χ1) is 3.23. The van der Waals surface area contributed by atoms with Crippen molar-refractivity contribution in [1.82, 2.24) is 0 Å². The Morgan fingerprint density at radius 3 is 1.44 bits per heavy atom. The zero-order valence-corrected chi connectivity index (χ0v) is 9.14. The van der Waals surface area contributed by atoms with E-state index in [0.717, 1.165) is 13.2 Å². The number of rotatable bonds is 0. The number of ether oxygens (including phenoxy) is 1. The van der Waals surface area contributed by atoms with Crippen LogP contribution in [0.3, 0.4) is 0 Å². The number of carbonyl (C=O) groups is 1. The zero-order chi connectivity index (χ0) is 5.70. The Morgan fingerprint density at radius 1 is 1.33 bits per heavy atom. The van der Waals surface area contributed by atoms with Crippen LogP contribution in [0.4, 0.5) is 4.79 Å². The molecule has 1 rings (SSSR count). The molecule has 1 aliphatic rings. The average molecular weight is 179 g/mol. The summed E-state index contributed by atoms with van der Waals surface area (Å²) in [6.45, 7) is 2.00. The number of hydrogen-bond acceptors (Lipinski definition) is 2. The fourth-order valence-electron chi connectivity index (χ4n) is 0. The van der Waals surface area contributed by atoms with Crippen LogP contribution in [0.25, 0.3) is 0 Å². The van der Waals surface area contributed by atoms with Gasteiger partial charge in [-0.1, -0.05) is 0 Å². The van der Waals surface area contributed by atoms with Gasteiger partial charge in [-0.25, -0.2) is 4.79 Å². The summed E-state index contributed by atoms with van der Waals surface area (Å²) in [5.41, 5.74) is 8.50. The van der Waals surface area contributed by atoms with Gasteiger partial charge in [0.2, 0.25) is 0 Å². The van der Waals surface area contributed by atoms with Gasteiger partial charge in [-0.15, -0.1) is 0 Å². The third kappa shape index (κ3) is 101. The van der Waals surface area contributed by atoms with Crippen molar-refractivity contribution in [3.8, 4) is 0 Å². The summed E-state index contributed by atoms with van der Waals surface area (Å²) in [7, 11) is 0. The second kappa shape index (κ2) is 11.9. The molecule has 1 fully saturated rings. The largest absolute Gasteiger partial charge is 1.00 e. The van der Waals surface area contributed by atoms with E-state index < -0.39 is 6.03 Å². The van der Waals surface area contributed by atoms with E-state index in [9.17, 15) is 0 Å². The number of halogens is 1. The summed E-state index contributed by atoms with van der Waals surface area (Å²) in [5, 5.41) is 0. The molecular weight excluding hydrogens is 171 g/mol. The zero-order valence-electron chi connectivity index (χ0n) is 5.26. The summed E-state index contributed by atoms with van der Waals surface area (Å²) < 4.78 is 4.50. The smallest absolute Gasteiger partial charge is 1.00 e. The van der Waals surface area contributed by atoms with E-state index in [0.29, 0.717) is 0 Å². The Balaban J connectivity index is -0.0000000660. The molecule has 0 radical (unpaired) electrons. The first-order valence-electron chi connectivity index (χ1n) is 1.86. The summed E-state index contributed by atoms with van der Waals surface area (Å²) in [5.74, 6) is 0. The first kappa shape index (κ1) is 16.6. The van der Waals surface area contributed by atoms with Gasteiger partial charge in [-0.2, -0.15) is 0 Å². The third-order valence-corrected chi connectivity index (χ3v) is 0.204. The van der Waals surface area contributed by atoms with Crippen LogP contribution in [0.2, 0.25) is 0 Å². The average Bonchev–Trinajstić information content (AvgIpc) is 2.02. The van der Waals surface area contributed by atoms with Crippen molar-refractivity contribution in [1.29, 1.82) is 0 Å². The molecule has 0 unspecified atom stereocenters. The van der Waals surface area contributed by atoms with Gasteiger partial charge in [0.1, 0.15) is 0 Å². The molecule has 0 spiro atoms. The Morgan fingerprint density at radius 2 is 1.44 bits per heavy atom. The Kier molecular flexibility index (Phi) is 22.0. The minimum Gasteiger partial charge on any atom is -1.00 e. The quantitative estimate of drug-likeness (QED) is 0.286. The molecule has 6 heteroatoms. The van der Waals surface area contributed by atoms with Crippen molar-refractivity contribution < 1.29 is 73.3 Å². The van der Waals surface area contributed by atoms with Gasteiger partial charge >= 0.3 is 57.4 Å². The van der Waals surface area contributed by atoms with E-state index in [1.54, 1.807) is 0 Å². The second-order valence-electron chi connectivity index (χ2n) is 1.01. The fraction of sp³-hybridized carbons (Fsp3) is 0.667. The van der Waals surface area contributed by atoms with Gasteiger partial charge in [-0.05, 0) is 0 Å². The molecule has 0 aromatic rings. The van der Waals surface area contributed by atoms with E-state index >= 15 is 0 Å². The predicted octanol–water partition coefficient (Wildman–Crippen LogP) is -6.95. The summed E-state index contributed by atoms with van der Waals surface area (Å²) >= 11 is 0. The first-order valence-corrected chi connectivity index (χ1v) is 1.86. The SMILES string of the molecule is C1CO1.NC(N)=O.[Cl-].[K+]. The van der Waals surface area contributed by atoms with Crippen LogP contribution in [0.5, 0.6) is 0 Å². The van der Waals surface area contributed by atoms with Crippen molar-refractivity contribution in [2.24, 2.45) is 11.5 Å². The van der Waals surface area contributed by atoms with Gasteiger partial charge < -0.3 is 28.6 Å². The standard InChI is InChI=1S/C2H4O.CH4N2O.ClH.K/c1-2-3-1;2-1(3)4;;/h1-2H2;(H4,2,3,4);1H;/q;;;+1/p-1. The molecule has 1 aliphatic heterocycles. The van der Waals surface area contributed by atoms with Crippen LogP contribution in [-0.4, -0.2) is 19.2 Å². The molecule has 1 heterocycles. The van der Waals surface area contributed by atoms with E-state index in [1.807, 2.05) is 0 Å². The molecule has 0 aromatic heterocycles. The Labute approximate surface area is 102 Å². The predicted molar refractivity (Wildman–Crippen MR) is 24.6 cm³/mol. The molecule has 50 valence electrons. The molecule has 0 bridgehead atoms. The summed E-state index contributed by atoms with van der Waals surface area (Å²) in [6.07, 6.45) is 0. The monoisotopic (exact) mass is 178 g/mol. The second-order valence-corrected chi connectivity index (χ2v) is 1.01. The van der Waals surface area contributed by atoms with Gasteiger partial charge in [0, 0.05) is 0 Å². The Bertz CT molecular complexity index is 64.1. The van der Waals surface area contributed by atoms with Crippen molar-refractivity contribution in [2.45, 2.75) is 0 Å². The van der Waals surface area contributed by atoms with Crippen molar-refractivity contribution >= 4 is 6.03 Å².